The van der Waals surface area contributed by atoms with Crippen molar-refractivity contribution in [2.45, 2.75) is 31.0 Å². The SMILES string of the molecule is CC(Cl)c1nc2ccc(F)c(F)c2n1CC(C)S(C)=O. The predicted octanol–water partition coefficient (Wildman–Crippen LogP) is 3.38. The highest BCUT2D eigenvalue weighted by Gasteiger charge is 2.22. The molecule has 0 bridgehead atoms. The maximum absolute atomic E-state index is 14.0. The van der Waals surface area contributed by atoms with Crippen LogP contribution in [0.15, 0.2) is 12.1 Å². The molecule has 0 saturated carbocycles. The van der Waals surface area contributed by atoms with E-state index in [0.717, 1.165) is 6.07 Å². The molecule has 0 spiro atoms. The number of hydrogen-bond acceptors (Lipinski definition) is 2. The Bertz CT molecular complexity index is 672. The molecule has 2 aromatic rings. The van der Waals surface area contributed by atoms with Gasteiger partial charge in [-0.25, -0.2) is 13.8 Å². The zero-order valence-electron chi connectivity index (χ0n) is 11.4. The van der Waals surface area contributed by atoms with E-state index in [1.807, 2.05) is 0 Å². The van der Waals surface area contributed by atoms with E-state index in [4.69, 9.17) is 11.6 Å². The Morgan fingerprint density at radius 1 is 1.40 bits per heavy atom. The van der Waals surface area contributed by atoms with Crippen molar-refractivity contribution >= 4 is 33.4 Å². The molecule has 7 heteroatoms. The summed E-state index contributed by atoms with van der Waals surface area (Å²) in [6, 6.07) is 2.46. The van der Waals surface area contributed by atoms with Crippen molar-refractivity contribution in [1.29, 1.82) is 0 Å². The number of hydrogen-bond donors (Lipinski definition) is 0. The minimum Gasteiger partial charge on any atom is -0.323 e. The van der Waals surface area contributed by atoms with E-state index in [-0.39, 0.29) is 17.3 Å². The topological polar surface area (TPSA) is 34.9 Å². The van der Waals surface area contributed by atoms with Gasteiger partial charge < -0.3 is 4.57 Å². The Morgan fingerprint density at radius 3 is 2.60 bits per heavy atom. The lowest BCUT2D eigenvalue weighted by atomic mass is 10.3. The highest BCUT2D eigenvalue weighted by molar-refractivity contribution is 7.84. The highest BCUT2D eigenvalue weighted by Crippen LogP contribution is 2.28. The van der Waals surface area contributed by atoms with Crippen molar-refractivity contribution in [3.63, 3.8) is 0 Å². The van der Waals surface area contributed by atoms with Gasteiger partial charge in [0.15, 0.2) is 11.6 Å². The first kappa shape index (κ1) is 15.4. The second-order valence-electron chi connectivity index (χ2n) is 4.73. The maximum Gasteiger partial charge on any atom is 0.184 e. The maximum atomic E-state index is 14.0. The number of alkyl halides is 1. The summed E-state index contributed by atoms with van der Waals surface area (Å²) in [5.41, 5.74) is 0.422. The second-order valence-corrected chi connectivity index (χ2v) is 7.19. The van der Waals surface area contributed by atoms with Crippen molar-refractivity contribution < 1.29 is 13.0 Å². The van der Waals surface area contributed by atoms with E-state index in [0.29, 0.717) is 11.3 Å². The number of rotatable bonds is 4. The summed E-state index contributed by atoms with van der Waals surface area (Å²) in [4.78, 5) is 4.25. The van der Waals surface area contributed by atoms with Crippen LogP contribution in [0.5, 0.6) is 0 Å². The monoisotopic (exact) mass is 320 g/mol. The molecule has 3 nitrogen and oxygen atoms in total. The van der Waals surface area contributed by atoms with Crippen LogP contribution < -0.4 is 0 Å². The Morgan fingerprint density at radius 2 is 2.05 bits per heavy atom. The zero-order chi connectivity index (χ0) is 15.0. The molecular weight excluding hydrogens is 306 g/mol. The number of fused-ring (bicyclic) bond motifs is 1. The lowest BCUT2D eigenvalue weighted by Crippen LogP contribution is -2.19. The van der Waals surface area contributed by atoms with Gasteiger partial charge in [-0.2, -0.15) is 0 Å². The molecule has 0 aliphatic rings. The van der Waals surface area contributed by atoms with Crippen molar-refractivity contribution in [1.82, 2.24) is 9.55 Å². The van der Waals surface area contributed by atoms with Crippen LogP contribution in [0.3, 0.4) is 0 Å². The fourth-order valence-corrected chi connectivity index (χ4v) is 2.55. The first-order chi connectivity index (χ1) is 9.32. The fraction of sp³-hybridized carbons (Fsp3) is 0.462. The lowest BCUT2D eigenvalue weighted by molar-refractivity contribution is 0.509. The van der Waals surface area contributed by atoms with Gasteiger partial charge in [-0.05, 0) is 26.0 Å². The summed E-state index contributed by atoms with van der Waals surface area (Å²) in [6.07, 6.45) is 1.57. The first-order valence-corrected chi connectivity index (χ1v) is 8.19. The lowest BCUT2D eigenvalue weighted by Gasteiger charge is -2.14. The summed E-state index contributed by atoms with van der Waals surface area (Å²) in [5.74, 6) is -1.44. The molecule has 3 atom stereocenters. The predicted molar refractivity (Wildman–Crippen MR) is 77.4 cm³/mol. The summed E-state index contributed by atoms with van der Waals surface area (Å²) in [6.45, 7) is 3.76. The fourth-order valence-electron chi connectivity index (χ4n) is 2.03. The number of benzene rings is 1. The van der Waals surface area contributed by atoms with Crippen LogP contribution in [0, 0.1) is 11.6 Å². The molecule has 0 N–H and O–H groups in total. The summed E-state index contributed by atoms with van der Waals surface area (Å²) >= 11 is 6.06. The minimum absolute atomic E-state index is 0.0739. The van der Waals surface area contributed by atoms with Gasteiger partial charge in [-0.1, -0.05) is 0 Å². The molecule has 0 aliphatic carbocycles. The molecule has 2 rings (SSSR count). The van der Waals surface area contributed by atoms with Gasteiger partial charge in [0, 0.05) is 28.9 Å². The molecule has 0 radical (unpaired) electrons. The van der Waals surface area contributed by atoms with E-state index in [9.17, 15) is 13.0 Å². The van der Waals surface area contributed by atoms with Gasteiger partial charge in [0.05, 0.1) is 10.9 Å². The molecule has 1 heterocycles. The Labute approximate surface area is 123 Å². The molecule has 0 aliphatic heterocycles. The smallest absolute Gasteiger partial charge is 0.184 e. The number of aromatic nitrogens is 2. The third-order valence-electron chi connectivity index (χ3n) is 3.19. The molecular formula is C13H15ClF2N2OS. The molecule has 0 saturated heterocycles. The normalized spacial score (nSPS) is 16.3. The molecule has 1 aromatic heterocycles. The summed E-state index contributed by atoms with van der Waals surface area (Å²) in [5, 5.41) is -0.674. The Balaban J connectivity index is 2.67. The van der Waals surface area contributed by atoms with Crippen LogP contribution in [0.1, 0.15) is 25.0 Å². The van der Waals surface area contributed by atoms with Gasteiger partial charge in [-0.15, -0.1) is 11.6 Å². The van der Waals surface area contributed by atoms with Gasteiger partial charge in [0.2, 0.25) is 0 Å². The molecule has 0 fully saturated rings. The molecule has 0 amide bonds. The van der Waals surface area contributed by atoms with Crippen molar-refractivity contribution in [2.24, 2.45) is 0 Å². The van der Waals surface area contributed by atoms with Crippen molar-refractivity contribution in [3.8, 4) is 0 Å². The van der Waals surface area contributed by atoms with Gasteiger partial charge >= 0.3 is 0 Å². The molecule has 20 heavy (non-hydrogen) atoms. The molecule has 1 aromatic carbocycles. The van der Waals surface area contributed by atoms with E-state index in [2.05, 4.69) is 4.98 Å². The van der Waals surface area contributed by atoms with Crippen LogP contribution in [-0.4, -0.2) is 25.3 Å². The second kappa shape index (κ2) is 5.77. The van der Waals surface area contributed by atoms with Gasteiger partial charge in [0.1, 0.15) is 11.3 Å². The van der Waals surface area contributed by atoms with Crippen LogP contribution >= 0.6 is 11.6 Å². The third-order valence-corrected chi connectivity index (χ3v) is 4.67. The van der Waals surface area contributed by atoms with E-state index < -0.39 is 27.8 Å². The molecule has 3 unspecified atom stereocenters. The average molecular weight is 321 g/mol. The van der Waals surface area contributed by atoms with Crippen LogP contribution in [0.2, 0.25) is 0 Å². The summed E-state index contributed by atoms with van der Waals surface area (Å²) < 4.78 is 40.5. The Hall–Kier alpha value is -1.01. The first-order valence-electron chi connectivity index (χ1n) is 6.13. The minimum atomic E-state index is -1.08. The van der Waals surface area contributed by atoms with E-state index >= 15 is 0 Å². The third kappa shape index (κ3) is 2.72. The molecule has 110 valence electrons. The van der Waals surface area contributed by atoms with Crippen molar-refractivity contribution in [2.75, 3.05) is 6.26 Å². The van der Waals surface area contributed by atoms with E-state index in [1.165, 1.54) is 10.6 Å². The Kier molecular flexibility index (Phi) is 4.44. The van der Waals surface area contributed by atoms with Gasteiger partial charge in [0.25, 0.3) is 0 Å². The number of halogens is 3. The average Bonchev–Trinajstić information content (AvgIpc) is 2.73. The van der Waals surface area contributed by atoms with E-state index in [1.54, 1.807) is 20.1 Å². The number of nitrogens with zero attached hydrogens (tertiary/aromatic N) is 2. The van der Waals surface area contributed by atoms with Gasteiger partial charge in [-0.3, -0.25) is 4.21 Å². The van der Waals surface area contributed by atoms with Crippen molar-refractivity contribution in [3.05, 3.63) is 29.6 Å². The van der Waals surface area contributed by atoms with Crippen LogP contribution in [0.4, 0.5) is 8.78 Å². The van der Waals surface area contributed by atoms with Crippen LogP contribution in [-0.2, 0) is 17.3 Å². The zero-order valence-corrected chi connectivity index (χ0v) is 12.9. The largest absolute Gasteiger partial charge is 0.323 e. The quantitative estimate of drug-likeness (QED) is 0.809. The number of imidazole rings is 1. The van der Waals surface area contributed by atoms with Crippen LogP contribution in [0.25, 0.3) is 11.0 Å². The highest BCUT2D eigenvalue weighted by atomic mass is 35.5. The standard InChI is InChI=1S/C13H15ClF2N2OS/c1-7(20(3)19)6-18-12-10(17-13(18)8(2)14)5-4-9(15)11(12)16/h4-5,7-8H,6H2,1-3H3. The summed E-state index contributed by atoms with van der Waals surface area (Å²) in [7, 11) is -1.08.